The maximum atomic E-state index is 13.1. The number of halogens is 3. The fraction of sp³-hybridized carbons (Fsp3) is 0.238. The first-order chi connectivity index (χ1) is 14.4. The molecular formula is C21H19F3N2O4S. The van der Waals surface area contributed by atoms with E-state index < -0.39 is 32.9 Å². The van der Waals surface area contributed by atoms with Crippen LogP contribution in [0, 0.1) is 6.92 Å². The van der Waals surface area contributed by atoms with Crippen LogP contribution in [0.25, 0.3) is 11.1 Å². The number of sulfone groups is 1. The van der Waals surface area contributed by atoms with Gasteiger partial charge >= 0.3 is 6.18 Å². The molecule has 0 radical (unpaired) electrons. The SMILES string of the molecule is CCc1[nH][nH]c(=O)c1C(=O)c1ccc(S(C)(=O)=O)c(-c2ccc(C(F)(F)F)cc2)c1C. The zero-order chi connectivity index (χ0) is 23.1. The van der Waals surface area contributed by atoms with Crippen molar-refractivity contribution >= 4 is 15.6 Å². The van der Waals surface area contributed by atoms with E-state index in [1.807, 2.05) is 0 Å². The lowest BCUT2D eigenvalue weighted by Crippen LogP contribution is -2.17. The van der Waals surface area contributed by atoms with Crippen LogP contribution in [0.15, 0.2) is 46.1 Å². The van der Waals surface area contributed by atoms with Crippen LogP contribution in [-0.2, 0) is 22.4 Å². The van der Waals surface area contributed by atoms with E-state index in [9.17, 15) is 31.2 Å². The number of alkyl halides is 3. The third-order valence-electron chi connectivity index (χ3n) is 5.01. The molecule has 0 unspecified atom stereocenters. The number of nitrogens with one attached hydrogen (secondary N) is 2. The predicted octanol–water partition coefficient (Wildman–Crippen LogP) is 3.89. The molecule has 2 N–H and O–H groups in total. The van der Waals surface area contributed by atoms with Crippen LogP contribution in [0.3, 0.4) is 0 Å². The molecule has 0 saturated heterocycles. The number of ketones is 1. The van der Waals surface area contributed by atoms with E-state index in [1.165, 1.54) is 19.1 Å². The molecule has 0 bridgehead atoms. The molecule has 2 aromatic carbocycles. The second kappa shape index (κ2) is 7.84. The topological polar surface area (TPSA) is 99.9 Å². The van der Waals surface area contributed by atoms with E-state index >= 15 is 0 Å². The lowest BCUT2D eigenvalue weighted by atomic mass is 9.91. The Labute approximate surface area is 176 Å². The molecule has 1 heterocycles. The minimum Gasteiger partial charge on any atom is -0.302 e. The van der Waals surface area contributed by atoms with Crippen LogP contribution >= 0.6 is 0 Å². The molecule has 0 saturated carbocycles. The Morgan fingerprint density at radius 3 is 2.16 bits per heavy atom. The molecule has 10 heteroatoms. The normalized spacial score (nSPS) is 12.2. The average Bonchev–Trinajstić information content (AvgIpc) is 3.06. The summed E-state index contributed by atoms with van der Waals surface area (Å²) in [4.78, 5) is 25.1. The Morgan fingerprint density at radius 2 is 1.65 bits per heavy atom. The highest BCUT2D eigenvalue weighted by Crippen LogP contribution is 2.36. The minimum absolute atomic E-state index is 0.0853. The number of aryl methyl sites for hydroxylation is 1. The van der Waals surface area contributed by atoms with Gasteiger partial charge < -0.3 is 5.10 Å². The van der Waals surface area contributed by atoms with Gasteiger partial charge in [-0.2, -0.15) is 13.2 Å². The van der Waals surface area contributed by atoms with Gasteiger partial charge in [-0.15, -0.1) is 0 Å². The van der Waals surface area contributed by atoms with Gasteiger partial charge in [-0.05, 0) is 48.7 Å². The standard InChI is InChI=1S/C21H19F3N2O4S/c1-4-15-18(20(28)26-25-15)19(27)14-9-10-16(31(3,29)30)17(11(14)2)12-5-7-13(8-6-12)21(22,23)24/h5-10H,4H2,1-3H3,(H2,25,26,28). The van der Waals surface area contributed by atoms with Crippen molar-refractivity contribution in [3.8, 4) is 11.1 Å². The second-order valence-corrected chi connectivity index (χ2v) is 9.06. The highest BCUT2D eigenvalue weighted by atomic mass is 32.2. The van der Waals surface area contributed by atoms with E-state index in [0.29, 0.717) is 12.1 Å². The molecule has 0 aliphatic carbocycles. The van der Waals surface area contributed by atoms with Gasteiger partial charge in [-0.3, -0.25) is 14.7 Å². The molecule has 164 valence electrons. The van der Waals surface area contributed by atoms with Crippen molar-refractivity contribution in [2.24, 2.45) is 0 Å². The number of carbonyl (C=O) groups excluding carboxylic acids is 1. The number of hydrogen-bond acceptors (Lipinski definition) is 4. The van der Waals surface area contributed by atoms with Gasteiger partial charge in [0.25, 0.3) is 5.56 Å². The van der Waals surface area contributed by atoms with Crippen molar-refractivity contribution in [3.63, 3.8) is 0 Å². The first kappa shape index (κ1) is 22.5. The quantitative estimate of drug-likeness (QED) is 0.574. The predicted molar refractivity (Wildman–Crippen MR) is 109 cm³/mol. The number of H-pyrrole nitrogens is 2. The maximum absolute atomic E-state index is 13.1. The van der Waals surface area contributed by atoms with E-state index in [1.54, 1.807) is 6.92 Å². The van der Waals surface area contributed by atoms with Crippen molar-refractivity contribution < 1.29 is 26.4 Å². The largest absolute Gasteiger partial charge is 0.416 e. The second-order valence-electron chi connectivity index (χ2n) is 7.07. The summed E-state index contributed by atoms with van der Waals surface area (Å²) in [6, 6.07) is 6.56. The summed E-state index contributed by atoms with van der Waals surface area (Å²) in [7, 11) is -3.77. The van der Waals surface area contributed by atoms with E-state index in [4.69, 9.17) is 0 Å². The highest BCUT2D eigenvalue weighted by molar-refractivity contribution is 7.90. The maximum Gasteiger partial charge on any atom is 0.416 e. The van der Waals surface area contributed by atoms with E-state index in [2.05, 4.69) is 10.2 Å². The van der Waals surface area contributed by atoms with Crippen LogP contribution in [-0.4, -0.2) is 30.7 Å². The van der Waals surface area contributed by atoms with Gasteiger partial charge in [0.2, 0.25) is 5.78 Å². The van der Waals surface area contributed by atoms with E-state index in [0.717, 1.165) is 30.5 Å². The molecule has 0 aliphatic rings. The molecule has 0 atom stereocenters. The molecule has 31 heavy (non-hydrogen) atoms. The summed E-state index contributed by atoms with van der Waals surface area (Å²) in [5.41, 5.74) is -0.518. The zero-order valence-corrected chi connectivity index (χ0v) is 17.7. The first-order valence-corrected chi connectivity index (χ1v) is 11.1. The minimum atomic E-state index is -4.54. The lowest BCUT2D eigenvalue weighted by Gasteiger charge is -2.16. The number of benzene rings is 2. The summed E-state index contributed by atoms with van der Waals surface area (Å²) in [5, 5.41) is 4.99. The molecule has 6 nitrogen and oxygen atoms in total. The molecular weight excluding hydrogens is 433 g/mol. The number of hydrogen-bond donors (Lipinski definition) is 2. The Morgan fingerprint density at radius 1 is 1.03 bits per heavy atom. The third-order valence-corrected chi connectivity index (χ3v) is 6.15. The van der Waals surface area contributed by atoms with Gasteiger partial charge in [0, 0.05) is 23.1 Å². The summed E-state index contributed by atoms with van der Waals surface area (Å²) in [6.07, 6.45) is -3.19. The van der Waals surface area contributed by atoms with Gasteiger partial charge in [0.1, 0.15) is 5.56 Å². The number of rotatable bonds is 5. The lowest BCUT2D eigenvalue weighted by molar-refractivity contribution is -0.137. The van der Waals surface area contributed by atoms with Crippen molar-refractivity contribution in [1.82, 2.24) is 10.2 Å². The zero-order valence-electron chi connectivity index (χ0n) is 16.8. The Kier molecular flexibility index (Phi) is 5.70. The monoisotopic (exact) mass is 452 g/mol. The van der Waals surface area contributed by atoms with Crippen molar-refractivity contribution in [2.75, 3.05) is 6.26 Å². The van der Waals surface area contributed by atoms with Gasteiger partial charge in [-0.25, -0.2) is 8.42 Å². The first-order valence-electron chi connectivity index (χ1n) is 9.21. The Hall–Kier alpha value is -3.14. The fourth-order valence-electron chi connectivity index (χ4n) is 3.46. The molecule has 3 rings (SSSR count). The van der Waals surface area contributed by atoms with Gasteiger partial charge in [0.15, 0.2) is 9.84 Å². The fourth-order valence-corrected chi connectivity index (χ4v) is 4.42. The Balaban J connectivity index is 2.26. The van der Waals surface area contributed by atoms with Gasteiger partial charge in [0.05, 0.1) is 10.5 Å². The van der Waals surface area contributed by atoms with Crippen LogP contribution in [0.2, 0.25) is 0 Å². The van der Waals surface area contributed by atoms with Gasteiger partial charge in [-0.1, -0.05) is 19.1 Å². The van der Waals surface area contributed by atoms with Crippen LogP contribution < -0.4 is 5.56 Å². The number of aromatic amines is 2. The summed E-state index contributed by atoms with van der Waals surface area (Å²) in [6.45, 7) is 3.25. The summed E-state index contributed by atoms with van der Waals surface area (Å²) < 4.78 is 63.5. The number of aromatic nitrogens is 2. The molecule has 1 aromatic heterocycles. The van der Waals surface area contributed by atoms with Crippen LogP contribution in [0.5, 0.6) is 0 Å². The molecule has 0 amide bonds. The molecule has 3 aromatic rings. The molecule has 0 aliphatic heterocycles. The third kappa shape index (κ3) is 4.20. The van der Waals surface area contributed by atoms with E-state index in [-0.39, 0.29) is 32.7 Å². The molecule has 0 fully saturated rings. The van der Waals surface area contributed by atoms with Crippen molar-refractivity contribution in [3.05, 3.63) is 74.7 Å². The average molecular weight is 452 g/mol. The highest BCUT2D eigenvalue weighted by Gasteiger charge is 2.31. The molecule has 0 spiro atoms. The van der Waals surface area contributed by atoms with Crippen LogP contribution in [0.4, 0.5) is 13.2 Å². The number of carbonyl (C=O) groups is 1. The van der Waals surface area contributed by atoms with Crippen molar-refractivity contribution in [2.45, 2.75) is 31.3 Å². The summed E-state index contributed by atoms with van der Waals surface area (Å²) in [5.74, 6) is -0.606. The smallest absolute Gasteiger partial charge is 0.302 e. The summed E-state index contributed by atoms with van der Waals surface area (Å²) >= 11 is 0. The Bertz CT molecular complexity index is 1320. The van der Waals surface area contributed by atoms with Crippen molar-refractivity contribution in [1.29, 1.82) is 0 Å². The van der Waals surface area contributed by atoms with Crippen LogP contribution in [0.1, 0.15) is 39.7 Å².